The first-order valence-corrected chi connectivity index (χ1v) is 5.05. The second-order valence-corrected chi connectivity index (χ2v) is 3.96. The van der Waals surface area contributed by atoms with Gasteiger partial charge in [0.05, 0.1) is 18.2 Å². The molecule has 0 aromatic heterocycles. The molecule has 3 heteroatoms. The van der Waals surface area contributed by atoms with Gasteiger partial charge < -0.3 is 4.74 Å². The molecule has 1 aromatic carbocycles. The second-order valence-electron chi connectivity index (χ2n) is 3.96. The molecule has 3 nitrogen and oxygen atoms in total. The molecule has 0 aliphatic carbocycles. The lowest BCUT2D eigenvalue weighted by molar-refractivity contribution is 0.244. The Balaban J connectivity index is 2.09. The van der Waals surface area contributed by atoms with Gasteiger partial charge in [0.2, 0.25) is 0 Å². The zero-order chi connectivity index (χ0) is 10.3. The van der Waals surface area contributed by atoms with Crippen LogP contribution in [0.5, 0.6) is 5.75 Å². The van der Waals surface area contributed by atoms with Crippen LogP contribution in [0.15, 0.2) is 23.2 Å². The van der Waals surface area contributed by atoms with E-state index in [0.29, 0.717) is 24.0 Å². The molecule has 2 atom stereocenters. The molecule has 2 aliphatic heterocycles. The Kier molecular flexibility index (Phi) is 1.75. The fourth-order valence-electron chi connectivity index (χ4n) is 2.26. The number of aliphatic imine (C=N–C) groups is 1. The highest BCUT2D eigenvalue weighted by Gasteiger charge is 2.32. The van der Waals surface area contributed by atoms with Gasteiger partial charge in [-0.25, -0.2) is 0 Å². The molecule has 0 unspecified atom stereocenters. The van der Waals surface area contributed by atoms with Gasteiger partial charge in [0.25, 0.3) is 0 Å². The highest BCUT2D eigenvalue weighted by atomic mass is 16.5. The SMILES string of the molecule is N#Cc1ccc2c(c1)[C@@H]1CN=C[C@H]1CO2. The Hall–Kier alpha value is -1.82. The van der Waals surface area contributed by atoms with Gasteiger partial charge in [0.15, 0.2) is 0 Å². The van der Waals surface area contributed by atoms with Crippen LogP contribution in [-0.2, 0) is 0 Å². The van der Waals surface area contributed by atoms with Crippen molar-refractivity contribution in [2.45, 2.75) is 5.92 Å². The van der Waals surface area contributed by atoms with Crippen molar-refractivity contribution >= 4 is 6.21 Å². The molecule has 2 heterocycles. The number of hydrogen-bond donors (Lipinski definition) is 0. The highest BCUT2D eigenvalue weighted by molar-refractivity contribution is 5.67. The lowest BCUT2D eigenvalue weighted by Gasteiger charge is -2.27. The molecule has 0 saturated heterocycles. The van der Waals surface area contributed by atoms with Crippen LogP contribution in [0.4, 0.5) is 0 Å². The minimum Gasteiger partial charge on any atom is -0.493 e. The number of ether oxygens (including phenoxy) is 1. The number of nitrogens with zero attached hydrogens (tertiary/aromatic N) is 2. The van der Waals surface area contributed by atoms with Crippen molar-refractivity contribution in [1.29, 1.82) is 5.26 Å². The van der Waals surface area contributed by atoms with Crippen LogP contribution in [0.2, 0.25) is 0 Å². The molecular formula is C12H10N2O. The zero-order valence-electron chi connectivity index (χ0n) is 8.18. The molecule has 3 rings (SSSR count). The maximum Gasteiger partial charge on any atom is 0.122 e. The molecule has 0 spiro atoms. The van der Waals surface area contributed by atoms with Crippen molar-refractivity contribution in [2.24, 2.45) is 10.9 Å². The van der Waals surface area contributed by atoms with E-state index in [1.54, 1.807) is 6.07 Å². The summed E-state index contributed by atoms with van der Waals surface area (Å²) in [6.45, 7) is 1.54. The Bertz CT molecular complexity index is 473. The molecule has 0 bridgehead atoms. The van der Waals surface area contributed by atoms with Gasteiger partial charge in [0.1, 0.15) is 5.75 Å². The third-order valence-electron chi connectivity index (χ3n) is 3.09. The fourth-order valence-corrected chi connectivity index (χ4v) is 2.26. The van der Waals surface area contributed by atoms with Crippen LogP contribution in [0.3, 0.4) is 0 Å². The van der Waals surface area contributed by atoms with Crippen LogP contribution in [0, 0.1) is 17.2 Å². The van der Waals surface area contributed by atoms with Crippen molar-refractivity contribution in [2.75, 3.05) is 13.2 Å². The van der Waals surface area contributed by atoms with Crippen LogP contribution in [-0.4, -0.2) is 19.4 Å². The van der Waals surface area contributed by atoms with Crippen molar-refractivity contribution in [3.05, 3.63) is 29.3 Å². The molecule has 0 fully saturated rings. The van der Waals surface area contributed by atoms with Crippen LogP contribution in [0.25, 0.3) is 0 Å². The Morgan fingerprint density at radius 3 is 3.27 bits per heavy atom. The van der Waals surface area contributed by atoms with E-state index < -0.39 is 0 Å². The van der Waals surface area contributed by atoms with Crippen molar-refractivity contribution < 1.29 is 4.74 Å². The molecule has 15 heavy (non-hydrogen) atoms. The Labute approximate surface area is 88.0 Å². The third kappa shape index (κ3) is 1.22. The molecule has 0 amide bonds. The lowest BCUT2D eigenvalue weighted by Crippen LogP contribution is -2.25. The summed E-state index contributed by atoms with van der Waals surface area (Å²) in [5.74, 6) is 1.73. The van der Waals surface area contributed by atoms with Gasteiger partial charge >= 0.3 is 0 Å². The number of nitriles is 1. The Morgan fingerprint density at radius 1 is 1.47 bits per heavy atom. The molecule has 0 N–H and O–H groups in total. The van der Waals surface area contributed by atoms with Crippen LogP contribution in [0.1, 0.15) is 17.0 Å². The van der Waals surface area contributed by atoms with Gasteiger partial charge in [-0.1, -0.05) is 0 Å². The highest BCUT2D eigenvalue weighted by Crippen LogP contribution is 2.39. The average Bonchev–Trinajstić information content (AvgIpc) is 2.76. The second kappa shape index (κ2) is 3.09. The van der Waals surface area contributed by atoms with Crippen LogP contribution >= 0.6 is 0 Å². The number of benzene rings is 1. The third-order valence-corrected chi connectivity index (χ3v) is 3.09. The summed E-state index contributed by atoms with van der Waals surface area (Å²) in [7, 11) is 0. The normalized spacial score (nSPS) is 26.3. The lowest BCUT2D eigenvalue weighted by atomic mass is 9.86. The summed E-state index contributed by atoms with van der Waals surface area (Å²) in [5.41, 5.74) is 1.84. The zero-order valence-corrected chi connectivity index (χ0v) is 8.18. The molecule has 0 radical (unpaired) electrons. The largest absolute Gasteiger partial charge is 0.493 e. The smallest absolute Gasteiger partial charge is 0.122 e. The maximum absolute atomic E-state index is 8.86. The summed E-state index contributed by atoms with van der Waals surface area (Å²) >= 11 is 0. The summed E-state index contributed by atoms with van der Waals surface area (Å²) in [6, 6.07) is 7.78. The fraction of sp³-hybridized carbons (Fsp3) is 0.333. The average molecular weight is 198 g/mol. The number of fused-ring (bicyclic) bond motifs is 3. The topological polar surface area (TPSA) is 45.4 Å². The number of hydrogen-bond acceptors (Lipinski definition) is 3. The molecule has 1 aromatic rings. The molecule has 0 saturated carbocycles. The molecule has 74 valence electrons. The van der Waals surface area contributed by atoms with E-state index in [4.69, 9.17) is 10.00 Å². The van der Waals surface area contributed by atoms with Crippen molar-refractivity contribution in [3.8, 4) is 11.8 Å². The predicted octanol–water partition coefficient (Wildman–Crippen LogP) is 1.73. The first-order chi connectivity index (χ1) is 7.38. The summed E-state index contributed by atoms with van der Waals surface area (Å²) in [6.07, 6.45) is 1.98. The molecular weight excluding hydrogens is 188 g/mol. The monoisotopic (exact) mass is 198 g/mol. The van der Waals surface area contributed by atoms with Crippen LogP contribution < -0.4 is 4.74 Å². The van der Waals surface area contributed by atoms with Gasteiger partial charge in [0, 0.05) is 30.2 Å². The van der Waals surface area contributed by atoms with E-state index in [2.05, 4.69) is 11.1 Å². The van der Waals surface area contributed by atoms with Crippen molar-refractivity contribution in [3.63, 3.8) is 0 Å². The van der Waals surface area contributed by atoms with E-state index in [0.717, 1.165) is 17.9 Å². The van der Waals surface area contributed by atoms with E-state index in [9.17, 15) is 0 Å². The first-order valence-electron chi connectivity index (χ1n) is 5.05. The van der Waals surface area contributed by atoms with Gasteiger partial charge in [-0.3, -0.25) is 4.99 Å². The van der Waals surface area contributed by atoms with Crippen molar-refractivity contribution in [1.82, 2.24) is 0 Å². The minimum atomic E-state index is 0.395. The number of rotatable bonds is 0. The van der Waals surface area contributed by atoms with E-state index in [-0.39, 0.29) is 0 Å². The maximum atomic E-state index is 8.86. The molecule has 2 aliphatic rings. The summed E-state index contributed by atoms with van der Waals surface area (Å²) in [4.78, 5) is 4.29. The minimum absolute atomic E-state index is 0.395. The quantitative estimate of drug-likeness (QED) is 0.637. The van der Waals surface area contributed by atoms with E-state index in [1.165, 1.54) is 0 Å². The first kappa shape index (κ1) is 8.49. The summed E-state index contributed by atoms with van der Waals surface area (Å²) < 4.78 is 5.64. The van der Waals surface area contributed by atoms with Gasteiger partial charge in [-0.15, -0.1) is 0 Å². The van der Waals surface area contributed by atoms with Gasteiger partial charge in [-0.2, -0.15) is 5.26 Å². The Morgan fingerprint density at radius 2 is 2.40 bits per heavy atom. The van der Waals surface area contributed by atoms with E-state index in [1.807, 2.05) is 18.3 Å². The standard InChI is InChI=1S/C12H10N2O/c13-4-8-1-2-12-10(3-8)11-6-14-5-9(11)7-15-12/h1-3,5,9,11H,6-7H2/t9-,11+/m0/s1. The van der Waals surface area contributed by atoms with Gasteiger partial charge in [-0.05, 0) is 18.2 Å². The predicted molar refractivity (Wildman–Crippen MR) is 56.2 cm³/mol. The van der Waals surface area contributed by atoms with E-state index >= 15 is 0 Å². The summed E-state index contributed by atoms with van der Waals surface area (Å²) in [5, 5.41) is 8.86.